The predicted octanol–water partition coefficient (Wildman–Crippen LogP) is 5.12. The first-order valence-corrected chi connectivity index (χ1v) is 8.01. The highest BCUT2D eigenvalue weighted by Crippen LogP contribution is 2.25. The first-order valence-electron chi connectivity index (χ1n) is 6.85. The lowest BCUT2D eigenvalue weighted by Gasteiger charge is -2.09. The van der Waals surface area contributed by atoms with Crippen molar-refractivity contribution in [3.63, 3.8) is 0 Å². The number of H-pyrrole nitrogens is 1. The van der Waals surface area contributed by atoms with Crippen LogP contribution in [0.3, 0.4) is 0 Å². The van der Waals surface area contributed by atoms with Gasteiger partial charge in [-0.1, -0.05) is 35.3 Å². The van der Waals surface area contributed by atoms with E-state index in [0.29, 0.717) is 26.4 Å². The van der Waals surface area contributed by atoms with Crippen LogP contribution in [0.15, 0.2) is 42.5 Å². The standard InChI is InChI=1S/C16H13Cl2N3OS/c1-10-3-2-4-13(5-10)21-15(19-20-16(21)23)9-22-14-7-11(17)6-12(18)8-14/h2-8H,9H2,1H3,(H,20,23). The van der Waals surface area contributed by atoms with Gasteiger partial charge < -0.3 is 4.74 Å². The van der Waals surface area contributed by atoms with Crippen LogP contribution in [0.4, 0.5) is 0 Å². The zero-order valence-corrected chi connectivity index (χ0v) is 14.5. The molecule has 1 N–H and O–H groups in total. The monoisotopic (exact) mass is 365 g/mol. The minimum atomic E-state index is 0.234. The van der Waals surface area contributed by atoms with Gasteiger partial charge in [0, 0.05) is 10.0 Å². The van der Waals surface area contributed by atoms with E-state index in [0.717, 1.165) is 11.3 Å². The number of benzene rings is 2. The molecule has 0 aliphatic carbocycles. The van der Waals surface area contributed by atoms with E-state index in [9.17, 15) is 0 Å². The van der Waals surface area contributed by atoms with Crippen molar-refractivity contribution in [2.75, 3.05) is 0 Å². The summed E-state index contributed by atoms with van der Waals surface area (Å²) in [4.78, 5) is 0. The summed E-state index contributed by atoms with van der Waals surface area (Å²) in [6, 6.07) is 13.1. The van der Waals surface area contributed by atoms with Gasteiger partial charge in [-0.2, -0.15) is 5.10 Å². The fourth-order valence-corrected chi connectivity index (χ4v) is 2.98. The summed E-state index contributed by atoms with van der Waals surface area (Å²) in [7, 11) is 0. The molecule has 0 unspecified atom stereocenters. The fraction of sp³-hybridized carbons (Fsp3) is 0.125. The van der Waals surface area contributed by atoms with Gasteiger partial charge in [0.15, 0.2) is 10.6 Å². The number of aryl methyl sites for hydroxylation is 1. The Morgan fingerprint density at radius 2 is 1.91 bits per heavy atom. The Morgan fingerprint density at radius 1 is 1.17 bits per heavy atom. The Kier molecular flexibility index (Phi) is 4.71. The van der Waals surface area contributed by atoms with Gasteiger partial charge in [0.05, 0.1) is 5.69 Å². The molecule has 118 valence electrons. The summed E-state index contributed by atoms with van der Waals surface area (Å²) in [5.41, 5.74) is 2.07. The van der Waals surface area contributed by atoms with Gasteiger partial charge in [0.25, 0.3) is 0 Å². The molecule has 0 amide bonds. The summed E-state index contributed by atoms with van der Waals surface area (Å²) in [5, 5.41) is 8.07. The normalized spacial score (nSPS) is 10.7. The Labute approximate surface area is 148 Å². The maximum Gasteiger partial charge on any atom is 0.199 e. The molecule has 3 aromatic rings. The number of nitrogens with one attached hydrogen (secondary N) is 1. The number of hydrogen-bond donors (Lipinski definition) is 1. The molecule has 1 aromatic heterocycles. The zero-order chi connectivity index (χ0) is 16.4. The molecular formula is C16H13Cl2N3OS. The summed E-state index contributed by atoms with van der Waals surface area (Å²) in [6.45, 7) is 2.26. The van der Waals surface area contributed by atoms with Crippen LogP contribution in [0.5, 0.6) is 5.75 Å². The second kappa shape index (κ2) is 6.74. The number of aromatic amines is 1. The number of nitrogens with zero attached hydrogens (tertiary/aromatic N) is 2. The van der Waals surface area contributed by atoms with Gasteiger partial charge in [-0.15, -0.1) is 0 Å². The number of hydrogen-bond acceptors (Lipinski definition) is 3. The average Bonchev–Trinajstić information content (AvgIpc) is 2.85. The van der Waals surface area contributed by atoms with Crippen LogP contribution in [-0.4, -0.2) is 14.8 Å². The molecule has 0 saturated heterocycles. The van der Waals surface area contributed by atoms with Crippen molar-refractivity contribution in [3.8, 4) is 11.4 Å². The predicted molar refractivity (Wildman–Crippen MR) is 94.3 cm³/mol. The molecule has 0 fully saturated rings. The number of ether oxygens (including phenoxy) is 1. The average molecular weight is 366 g/mol. The van der Waals surface area contributed by atoms with E-state index >= 15 is 0 Å². The topological polar surface area (TPSA) is 42.8 Å². The molecule has 7 heteroatoms. The van der Waals surface area contributed by atoms with Crippen molar-refractivity contribution in [3.05, 3.63) is 68.7 Å². The number of aromatic nitrogens is 3. The van der Waals surface area contributed by atoms with E-state index in [2.05, 4.69) is 10.2 Å². The number of rotatable bonds is 4. The Bertz CT molecular complexity index is 884. The van der Waals surface area contributed by atoms with Crippen LogP contribution in [0, 0.1) is 11.7 Å². The lowest BCUT2D eigenvalue weighted by atomic mass is 10.2. The maximum atomic E-state index is 5.97. The molecule has 3 rings (SSSR count). The summed E-state index contributed by atoms with van der Waals surface area (Å²) in [6.07, 6.45) is 0. The third kappa shape index (κ3) is 3.75. The van der Waals surface area contributed by atoms with Crippen LogP contribution in [-0.2, 0) is 6.61 Å². The van der Waals surface area contributed by atoms with Crippen LogP contribution in [0.25, 0.3) is 5.69 Å². The molecule has 4 nitrogen and oxygen atoms in total. The van der Waals surface area contributed by atoms with E-state index in [1.807, 2.05) is 35.8 Å². The number of halogens is 2. The van der Waals surface area contributed by atoms with Crippen LogP contribution in [0.1, 0.15) is 11.4 Å². The molecular weight excluding hydrogens is 353 g/mol. The first-order chi connectivity index (χ1) is 11.0. The summed E-state index contributed by atoms with van der Waals surface area (Å²) in [5.74, 6) is 1.24. The minimum Gasteiger partial charge on any atom is -0.485 e. The Balaban J connectivity index is 1.88. The molecule has 0 bridgehead atoms. The maximum absolute atomic E-state index is 5.97. The molecule has 2 aromatic carbocycles. The molecule has 0 radical (unpaired) electrons. The van der Waals surface area contributed by atoms with E-state index in [1.54, 1.807) is 18.2 Å². The van der Waals surface area contributed by atoms with Gasteiger partial charge in [0.1, 0.15) is 12.4 Å². The molecule has 0 atom stereocenters. The highest BCUT2D eigenvalue weighted by Gasteiger charge is 2.10. The van der Waals surface area contributed by atoms with Crippen molar-refractivity contribution >= 4 is 35.4 Å². The lowest BCUT2D eigenvalue weighted by molar-refractivity contribution is 0.293. The largest absolute Gasteiger partial charge is 0.485 e. The van der Waals surface area contributed by atoms with Gasteiger partial charge in [-0.25, -0.2) is 0 Å². The molecule has 0 saturated carbocycles. The lowest BCUT2D eigenvalue weighted by Crippen LogP contribution is -2.06. The highest BCUT2D eigenvalue weighted by atomic mass is 35.5. The quantitative estimate of drug-likeness (QED) is 0.652. The van der Waals surface area contributed by atoms with Gasteiger partial charge in [-0.05, 0) is 55.0 Å². The second-order valence-electron chi connectivity index (χ2n) is 5.01. The fourth-order valence-electron chi connectivity index (χ4n) is 2.22. The van der Waals surface area contributed by atoms with Crippen LogP contribution < -0.4 is 4.74 Å². The SMILES string of the molecule is Cc1cccc(-n2c(COc3cc(Cl)cc(Cl)c3)n[nH]c2=S)c1. The zero-order valence-electron chi connectivity index (χ0n) is 12.2. The van der Waals surface area contributed by atoms with Crippen molar-refractivity contribution in [2.24, 2.45) is 0 Å². The smallest absolute Gasteiger partial charge is 0.199 e. The van der Waals surface area contributed by atoms with Crippen molar-refractivity contribution < 1.29 is 4.74 Å². The third-order valence-electron chi connectivity index (χ3n) is 3.21. The molecule has 0 aliphatic rings. The third-order valence-corrected chi connectivity index (χ3v) is 3.92. The first kappa shape index (κ1) is 16.1. The van der Waals surface area contributed by atoms with E-state index < -0.39 is 0 Å². The van der Waals surface area contributed by atoms with Gasteiger partial charge >= 0.3 is 0 Å². The van der Waals surface area contributed by atoms with E-state index in [1.165, 1.54) is 0 Å². The second-order valence-corrected chi connectivity index (χ2v) is 6.27. The molecule has 0 spiro atoms. The van der Waals surface area contributed by atoms with Gasteiger partial charge in [0.2, 0.25) is 0 Å². The summed E-state index contributed by atoms with van der Waals surface area (Å²) >= 11 is 17.3. The molecule has 23 heavy (non-hydrogen) atoms. The molecule has 1 heterocycles. The minimum absolute atomic E-state index is 0.234. The summed E-state index contributed by atoms with van der Waals surface area (Å²) < 4.78 is 8.10. The Morgan fingerprint density at radius 3 is 2.61 bits per heavy atom. The van der Waals surface area contributed by atoms with Crippen LogP contribution >= 0.6 is 35.4 Å². The van der Waals surface area contributed by atoms with E-state index in [4.69, 9.17) is 40.2 Å². The van der Waals surface area contributed by atoms with Crippen molar-refractivity contribution in [2.45, 2.75) is 13.5 Å². The van der Waals surface area contributed by atoms with Crippen LogP contribution in [0.2, 0.25) is 10.0 Å². The van der Waals surface area contributed by atoms with E-state index in [-0.39, 0.29) is 6.61 Å². The van der Waals surface area contributed by atoms with Crippen molar-refractivity contribution in [1.29, 1.82) is 0 Å². The molecule has 0 aliphatic heterocycles. The highest BCUT2D eigenvalue weighted by molar-refractivity contribution is 7.71. The Hall–Kier alpha value is -1.82. The van der Waals surface area contributed by atoms with Crippen molar-refractivity contribution in [1.82, 2.24) is 14.8 Å². The van der Waals surface area contributed by atoms with Gasteiger partial charge in [-0.3, -0.25) is 9.67 Å².